The van der Waals surface area contributed by atoms with Crippen molar-refractivity contribution in [3.63, 3.8) is 0 Å². The number of piperidine rings is 1. The van der Waals surface area contributed by atoms with Crippen LogP contribution >= 0.6 is 24.0 Å². The van der Waals surface area contributed by atoms with E-state index in [-0.39, 0.29) is 29.5 Å². The van der Waals surface area contributed by atoms with Gasteiger partial charge in [0.25, 0.3) is 0 Å². The normalized spacial score (nSPS) is 22.1. The number of aliphatic hydroxyl groups is 1. The van der Waals surface area contributed by atoms with Crippen LogP contribution in [0.3, 0.4) is 0 Å². The number of rotatable bonds is 6. The molecule has 0 amide bonds. The molecule has 24 heavy (non-hydrogen) atoms. The van der Waals surface area contributed by atoms with Gasteiger partial charge < -0.3 is 15.7 Å². The minimum Gasteiger partial charge on any atom is -0.388 e. The summed E-state index contributed by atoms with van der Waals surface area (Å²) in [7, 11) is 0. The lowest BCUT2D eigenvalue weighted by Crippen LogP contribution is -2.50. The third-order valence-corrected chi connectivity index (χ3v) is 5.30. The summed E-state index contributed by atoms with van der Waals surface area (Å²) < 4.78 is 0. The van der Waals surface area contributed by atoms with Crippen LogP contribution in [0.4, 0.5) is 0 Å². The van der Waals surface area contributed by atoms with Gasteiger partial charge in [-0.3, -0.25) is 9.89 Å². The molecule has 0 unspecified atom stereocenters. The van der Waals surface area contributed by atoms with E-state index in [9.17, 15) is 5.11 Å². The zero-order chi connectivity index (χ0) is 16.8. The standard InChI is InChI=1S/C18H36N4O.HI/c1-4-19-16(21-15-18(23)10-6-7-11-18)20-14-17(2,3)22-12-8-5-9-13-22;/h23H,4-15H2,1-3H3,(H2,19,20,21);1H. The Kier molecular flexibility index (Phi) is 9.30. The van der Waals surface area contributed by atoms with Gasteiger partial charge in [0.15, 0.2) is 5.96 Å². The zero-order valence-corrected chi connectivity index (χ0v) is 18.1. The molecule has 1 aliphatic carbocycles. The fraction of sp³-hybridized carbons (Fsp3) is 0.944. The Balaban J connectivity index is 0.00000288. The van der Waals surface area contributed by atoms with E-state index in [1.54, 1.807) is 0 Å². The molecule has 2 rings (SSSR count). The van der Waals surface area contributed by atoms with E-state index in [0.717, 1.165) is 44.7 Å². The highest BCUT2D eigenvalue weighted by molar-refractivity contribution is 14.0. The van der Waals surface area contributed by atoms with Crippen molar-refractivity contribution in [2.24, 2.45) is 4.99 Å². The number of halogens is 1. The Morgan fingerprint density at radius 3 is 2.29 bits per heavy atom. The van der Waals surface area contributed by atoms with Crippen molar-refractivity contribution in [3.05, 3.63) is 0 Å². The number of nitrogens with one attached hydrogen (secondary N) is 2. The molecule has 2 aliphatic rings. The predicted molar refractivity (Wildman–Crippen MR) is 112 cm³/mol. The van der Waals surface area contributed by atoms with Crippen molar-refractivity contribution < 1.29 is 5.11 Å². The summed E-state index contributed by atoms with van der Waals surface area (Å²) in [6, 6.07) is 0. The van der Waals surface area contributed by atoms with Gasteiger partial charge in [0.05, 0.1) is 12.1 Å². The smallest absolute Gasteiger partial charge is 0.191 e. The van der Waals surface area contributed by atoms with E-state index in [4.69, 9.17) is 4.99 Å². The molecule has 0 spiro atoms. The second kappa shape index (κ2) is 10.2. The van der Waals surface area contributed by atoms with Crippen molar-refractivity contribution in [1.29, 1.82) is 0 Å². The van der Waals surface area contributed by atoms with E-state index in [0.29, 0.717) is 6.54 Å². The summed E-state index contributed by atoms with van der Waals surface area (Å²) in [6.07, 6.45) is 8.04. The average Bonchev–Trinajstić information content (AvgIpc) is 2.98. The van der Waals surface area contributed by atoms with Gasteiger partial charge in [0.1, 0.15) is 0 Å². The molecular weight excluding hydrogens is 415 g/mol. The van der Waals surface area contributed by atoms with Crippen molar-refractivity contribution in [2.75, 3.05) is 32.7 Å². The largest absolute Gasteiger partial charge is 0.388 e. The van der Waals surface area contributed by atoms with Gasteiger partial charge in [-0.25, -0.2) is 0 Å². The highest BCUT2D eigenvalue weighted by atomic mass is 127. The minimum atomic E-state index is -0.543. The Hall–Kier alpha value is -0.0800. The monoisotopic (exact) mass is 452 g/mol. The van der Waals surface area contributed by atoms with Crippen LogP contribution in [0.15, 0.2) is 4.99 Å². The van der Waals surface area contributed by atoms with Crippen LogP contribution in [0.25, 0.3) is 0 Å². The quantitative estimate of drug-likeness (QED) is 0.330. The average molecular weight is 452 g/mol. The lowest BCUT2D eigenvalue weighted by molar-refractivity contribution is 0.0521. The Labute approximate surface area is 165 Å². The van der Waals surface area contributed by atoms with Crippen LogP contribution in [-0.2, 0) is 0 Å². The highest BCUT2D eigenvalue weighted by Gasteiger charge is 2.31. The fourth-order valence-corrected chi connectivity index (χ4v) is 3.67. The van der Waals surface area contributed by atoms with Crippen LogP contribution in [0.1, 0.15) is 65.7 Å². The van der Waals surface area contributed by atoms with Crippen molar-refractivity contribution in [1.82, 2.24) is 15.5 Å². The van der Waals surface area contributed by atoms with E-state index < -0.39 is 5.60 Å². The van der Waals surface area contributed by atoms with Gasteiger partial charge in [-0.1, -0.05) is 19.3 Å². The fourth-order valence-electron chi connectivity index (χ4n) is 3.67. The summed E-state index contributed by atoms with van der Waals surface area (Å²) in [5.41, 5.74) is -0.453. The molecule has 0 aromatic rings. The molecule has 6 heteroatoms. The maximum Gasteiger partial charge on any atom is 0.191 e. The van der Waals surface area contributed by atoms with E-state index >= 15 is 0 Å². The molecular formula is C18H37IN4O. The summed E-state index contributed by atoms with van der Waals surface area (Å²) in [5, 5.41) is 17.1. The molecule has 1 aliphatic heterocycles. The molecule has 0 atom stereocenters. The molecule has 3 N–H and O–H groups in total. The highest BCUT2D eigenvalue weighted by Crippen LogP contribution is 2.28. The topological polar surface area (TPSA) is 59.9 Å². The first-order chi connectivity index (χ1) is 11.0. The minimum absolute atomic E-state index is 0. The maximum atomic E-state index is 10.5. The van der Waals surface area contributed by atoms with E-state index in [2.05, 4.69) is 36.3 Å². The van der Waals surface area contributed by atoms with Crippen molar-refractivity contribution in [2.45, 2.75) is 76.9 Å². The number of nitrogens with zero attached hydrogens (tertiary/aromatic N) is 2. The first-order valence-corrected chi connectivity index (χ1v) is 9.45. The molecule has 0 aromatic carbocycles. The van der Waals surface area contributed by atoms with Crippen LogP contribution in [-0.4, -0.2) is 59.8 Å². The number of hydrogen-bond acceptors (Lipinski definition) is 3. The summed E-state index contributed by atoms with van der Waals surface area (Å²) in [5.74, 6) is 0.831. The molecule has 1 saturated carbocycles. The van der Waals surface area contributed by atoms with Gasteiger partial charge in [-0.05, 0) is 59.5 Å². The molecule has 1 heterocycles. The summed E-state index contributed by atoms with van der Waals surface area (Å²) in [6.45, 7) is 11.2. The SMILES string of the molecule is CCNC(=NCC(C)(C)N1CCCCC1)NCC1(O)CCCC1.I. The van der Waals surface area contributed by atoms with Gasteiger partial charge in [0.2, 0.25) is 0 Å². The van der Waals surface area contributed by atoms with E-state index in [1.165, 1.54) is 32.4 Å². The molecule has 1 saturated heterocycles. The third-order valence-electron chi connectivity index (χ3n) is 5.30. The van der Waals surface area contributed by atoms with Crippen LogP contribution in [0.5, 0.6) is 0 Å². The van der Waals surface area contributed by atoms with Gasteiger partial charge in [0, 0.05) is 18.6 Å². The maximum absolute atomic E-state index is 10.5. The second-order valence-electron chi connectivity index (χ2n) is 7.84. The Morgan fingerprint density at radius 2 is 1.71 bits per heavy atom. The Morgan fingerprint density at radius 1 is 1.08 bits per heavy atom. The van der Waals surface area contributed by atoms with Gasteiger partial charge >= 0.3 is 0 Å². The van der Waals surface area contributed by atoms with E-state index in [1.807, 2.05) is 0 Å². The molecule has 5 nitrogen and oxygen atoms in total. The third kappa shape index (κ3) is 6.67. The number of aliphatic imine (C=N–C) groups is 1. The van der Waals surface area contributed by atoms with Crippen LogP contribution in [0, 0.1) is 0 Å². The predicted octanol–water partition coefficient (Wildman–Crippen LogP) is 2.73. The second-order valence-corrected chi connectivity index (χ2v) is 7.84. The molecule has 142 valence electrons. The molecule has 0 bridgehead atoms. The number of likely N-dealkylation sites (tertiary alicyclic amines) is 1. The van der Waals surface area contributed by atoms with Crippen molar-refractivity contribution in [3.8, 4) is 0 Å². The first-order valence-electron chi connectivity index (χ1n) is 9.45. The molecule has 0 aromatic heterocycles. The van der Waals surface area contributed by atoms with Crippen molar-refractivity contribution >= 4 is 29.9 Å². The molecule has 2 fully saturated rings. The number of hydrogen-bond donors (Lipinski definition) is 3. The lowest BCUT2D eigenvalue weighted by atomic mass is 9.99. The molecule has 0 radical (unpaired) electrons. The number of guanidine groups is 1. The zero-order valence-electron chi connectivity index (χ0n) is 15.7. The first kappa shape index (κ1) is 22.0. The summed E-state index contributed by atoms with van der Waals surface area (Å²) >= 11 is 0. The Bertz CT molecular complexity index is 388. The van der Waals surface area contributed by atoms with Gasteiger partial charge in [-0.2, -0.15) is 0 Å². The van der Waals surface area contributed by atoms with Crippen LogP contribution in [0.2, 0.25) is 0 Å². The summed E-state index contributed by atoms with van der Waals surface area (Å²) in [4.78, 5) is 7.36. The van der Waals surface area contributed by atoms with Gasteiger partial charge in [-0.15, -0.1) is 24.0 Å². The lowest BCUT2D eigenvalue weighted by Gasteiger charge is -2.40. The van der Waals surface area contributed by atoms with Crippen LogP contribution < -0.4 is 10.6 Å².